The van der Waals surface area contributed by atoms with E-state index in [2.05, 4.69) is 31.4 Å². The third-order valence-electron chi connectivity index (χ3n) is 2.24. The van der Waals surface area contributed by atoms with Crippen LogP contribution in [0.5, 0.6) is 0 Å². The molecule has 1 aromatic heterocycles. The molecule has 0 radical (unpaired) electrons. The minimum Gasteiger partial charge on any atom is -0.375 e. The highest BCUT2D eigenvalue weighted by Gasteiger charge is 2.08. The maximum absolute atomic E-state index is 6.09. The standard InChI is InChI=1S/C10H9BrCl2N4/c1-17-5-15-16-9(17)4-14-10-7(12)2-6(11)3-8(10)13/h2-3,5,14H,4H2,1H3. The van der Waals surface area contributed by atoms with Crippen molar-refractivity contribution in [1.29, 1.82) is 0 Å². The van der Waals surface area contributed by atoms with Crippen molar-refractivity contribution in [2.75, 3.05) is 5.32 Å². The molecule has 2 aromatic rings. The molecule has 0 amide bonds. The normalized spacial score (nSPS) is 10.6. The molecule has 2 rings (SSSR count). The van der Waals surface area contributed by atoms with Crippen molar-refractivity contribution in [2.24, 2.45) is 7.05 Å². The summed E-state index contributed by atoms with van der Waals surface area (Å²) in [6.45, 7) is 0.511. The van der Waals surface area contributed by atoms with Crippen molar-refractivity contribution < 1.29 is 0 Å². The summed E-state index contributed by atoms with van der Waals surface area (Å²) in [6.07, 6.45) is 1.64. The molecule has 0 saturated carbocycles. The number of nitrogens with zero attached hydrogens (tertiary/aromatic N) is 3. The van der Waals surface area contributed by atoms with Crippen LogP contribution in [0.1, 0.15) is 5.82 Å². The second-order valence-electron chi connectivity index (χ2n) is 3.46. The van der Waals surface area contributed by atoms with E-state index in [1.54, 1.807) is 18.5 Å². The molecule has 0 aliphatic heterocycles. The van der Waals surface area contributed by atoms with Crippen LogP contribution in [-0.2, 0) is 13.6 Å². The molecule has 1 N–H and O–H groups in total. The van der Waals surface area contributed by atoms with E-state index < -0.39 is 0 Å². The number of hydrogen-bond donors (Lipinski definition) is 1. The minimum atomic E-state index is 0.511. The number of aromatic nitrogens is 3. The van der Waals surface area contributed by atoms with Crippen LogP contribution in [0.2, 0.25) is 10.0 Å². The van der Waals surface area contributed by atoms with E-state index in [-0.39, 0.29) is 0 Å². The number of hydrogen-bond acceptors (Lipinski definition) is 3. The lowest BCUT2D eigenvalue weighted by Crippen LogP contribution is -2.06. The molecule has 0 aliphatic rings. The van der Waals surface area contributed by atoms with E-state index in [1.165, 1.54) is 0 Å². The second kappa shape index (κ2) is 5.25. The maximum atomic E-state index is 6.09. The lowest BCUT2D eigenvalue weighted by Gasteiger charge is -2.10. The molecule has 17 heavy (non-hydrogen) atoms. The first-order valence-corrected chi connectivity index (χ1v) is 6.34. The van der Waals surface area contributed by atoms with Gasteiger partial charge in [0.2, 0.25) is 0 Å². The van der Waals surface area contributed by atoms with E-state index in [0.717, 1.165) is 10.3 Å². The minimum absolute atomic E-state index is 0.511. The zero-order valence-corrected chi connectivity index (χ0v) is 12.0. The van der Waals surface area contributed by atoms with Crippen LogP contribution in [0.15, 0.2) is 22.9 Å². The molecule has 0 aliphatic carbocycles. The molecule has 7 heteroatoms. The van der Waals surface area contributed by atoms with E-state index in [4.69, 9.17) is 23.2 Å². The van der Waals surface area contributed by atoms with Gasteiger partial charge in [-0.15, -0.1) is 10.2 Å². The van der Waals surface area contributed by atoms with Crippen molar-refractivity contribution in [3.63, 3.8) is 0 Å². The van der Waals surface area contributed by atoms with Gasteiger partial charge in [0.25, 0.3) is 0 Å². The Morgan fingerprint density at radius 3 is 2.53 bits per heavy atom. The van der Waals surface area contributed by atoms with Gasteiger partial charge >= 0.3 is 0 Å². The first-order chi connectivity index (χ1) is 8.08. The van der Waals surface area contributed by atoms with Gasteiger partial charge < -0.3 is 9.88 Å². The maximum Gasteiger partial charge on any atom is 0.151 e. The largest absolute Gasteiger partial charge is 0.375 e. The van der Waals surface area contributed by atoms with Crippen LogP contribution >= 0.6 is 39.1 Å². The molecule has 0 bridgehead atoms. The fourth-order valence-corrected chi connectivity index (χ4v) is 2.69. The molecule has 4 nitrogen and oxygen atoms in total. The van der Waals surface area contributed by atoms with E-state index >= 15 is 0 Å². The zero-order valence-electron chi connectivity index (χ0n) is 8.91. The highest BCUT2D eigenvalue weighted by molar-refractivity contribution is 9.10. The van der Waals surface area contributed by atoms with Gasteiger partial charge in [0.15, 0.2) is 5.82 Å². The van der Waals surface area contributed by atoms with Crippen LogP contribution < -0.4 is 5.32 Å². The quantitative estimate of drug-likeness (QED) is 0.933. The van der Waals surface area contributed by atoms with E-state index in [1.807, 2.05) is 11.6 Å². The Kier molecular flexibility index (Phi) is 3.91. The molecular weight excluding hydrogens is 327 g/mol. The van der Waals surface area contributed by atoms with Gasteiger partial charge in [-0.1, -0.05) is 39.1 Å². The fraction of sp³-hybridized carbons (Fsp3) is 0.200. The number of anilines is 1. The Morgan fingerprint density at radius 2 is 2.00 bits per heavy atom. The third kappa shape index (κ3) is 2.91. The Hall–Kier alpha value is -0.780. The molecule has 0 spiro atoms. The zero-order chi connectivity index (χ0) is 12.4. The number of aryl methyl sites for hydroxylation is 1. The van der Waals surface area contributed by atoms with Gasteiger partial charge in [-0.25, -0.2) is 0 Å². The average molecular weight is 336 g/mol. The molecule has 1 heterocycles. The summed E-state index contributed by atoms with van der Waals surface area (Å²) >= 11 is 15.5. The monoisotopic (exact) mass is 334 g/mol. The highest BCUT2D eigenvalue weighted by Crippen LogP contribution is 2.33. The molecule has 0 unspecified atom stereocenters. The summed E-state index contributed by atoms with van der Waals surface area (Å²) < 4.78 is 2.67. The van der Waals surface area contributed by atoms with Gasteiger partial charge in [-0.05, 0) is 12.1 Å². The lowest BCUT2D eigenvalue weighted by atomic mass is 10.3. The van der Waals surface area contributed by atoms with Gasteiger partial charge in [-0.2, -0.15) is 0 Å². The molecule has 0 fully saturated rings. The first kappa shape index (κ1) is 12.7. The molecule has 1 aromatic carbocycles. The Balaban J connectivity index is 2.17. The lowest BCUT2D eigenvalue weighted by molar-refractivity contribution is 0.812. The van der Waals surface area contributed by atoms with Crippen molar-refractivity contribution in [3.8, 4) is 0 Å². The predicted molar refractivity (Wildman–Crippen MR) is 72.5 cm³/mol. The van der Waals surface area contributed by atoms with Gasteiger partial charge in [0.05, 0.1) is 22.3 Å². The van der Waals surface area contributed by atoms with Crippen molar-refractivity contribution in [3.05, 3.63) is 38.8 Å². The van der Waals surface area contributed by atoms with Crippen molar-refractivity contribution in [1.82, 2.24) is 14.8 Å². The van der Waals surface area contributed by atoms with E-state index in [0.29, 0.717) is 22.3 Å². The van der Waals surface area contributed by atoms with Crippen LogP contribution in [0.3, 0.4) is 0 Å². The van der Waals surface area contributed by atoms with Crippen LogP contribution in [0.25, 0.3) is 0 Å². The highest BCUT2D eigenvalue weighted by atomic mass is 79.9. The number of halogens is 3. The van der Waals surface area contributed by atoms with Gasteiger partial charge in [-0.3, -0.25) is 0 Å². The molecule has 90 valence electrons. The summed E-state index contributed by atoms with van der Waals surface area (Å²) in [6, 6.07) is 3.57. The number of nitrogens with one attached hydrogen (secondary N) is 1. The summed E-state index contributed by atoms with van der Waals surface area (Å²) in [4.78, 5) is 0. The van der Waals surface area contributed by atoms with Crippen molar-refractivity contribution in [2.45, 2.75) is 6.54 Å². The van der Waals surface area contributed by atoms with Crippen LogP contribution in [-0.4, -0.2) is 14.8 Å². The Labute approximate surface area is 117 Å². The third-order valence-corrected chi connectivity index (χ3v) is 3.29. The molecule has 0 saturated heterocycles. The van der Waals surface area contributed by atoms with E-state index in [9.17, 15) is 0 Å². The fourth-order valence-electron chi connectivity index (χ4n) is 1.35. The molecular formula is C10H9BrCl2N4. The first-order valence-electron chi connectivity index (χ1n) is 4.79. The summed E-state index contributed by atoms with van der Waals surface area (Å²) in [5.41, 5.74) is 0.694. The van der Waals surface area contributed by atoms with Gasteiger partial charge in [0.1, 0.15) is 6.33 Å². The summed E-state index contributed by atoms with van der Waals surface area (Å²) in [5, 5.41) is 12.0. The summed E-state index contributed by atoms with van der Waals surface area (Å²) in [7, 11) is 1.88. The summed E-state index contributed by atoms with van der Waals surface area (Å²) in [5.74, 6) is 0.806. The Morgan fingerprint density at radius 1 is 1.35 bits per heavy atom. The van der Waals surface area contributed by atoms with Crippen molar-refractivity contribution >= 4 is 44.8 Å². The SMILES string of the molecule is Cn1cnnc1CNc1c(Cl)cc(Br)cc1Cl. The predicted octanol–water partition coefficient (Wildman–Crippen LogP) is 3.50. The number of benzene rings is 1. The van der Waals surface area contributed by atoms with Gasteiger partial charge in [0, 0.05) is 11.5 Å². The number of rotatable bonds is 3. The second-order valence-corrected chi connectivity index (χ2v) is 5.19. The van der Waals surface area contributed by atoms with Crippen LogP contribution in [0, 0.1) is 0 Å². The topological polar surface area (TPSA) is 42.7 Å². The molecule has 0 atom stereocenters. The van der Waals surface area contributed by atoms with Crippen LogP contribution in [0.4, 0.5) is 5.69 Å². The smallest absolute Gasteiger partial charge is 0.151 e. The Bertz CT molecular complexity index is 518. The average Bonchev–Trinajstić information content (AvgIpc) is 2.62.